The Bertz CT molecular complexity index is 827. The predicted molar refractivity (Wildman–Crippen MR) is 102 cm³/mol. The molecule has 0 aliphatic carbocycles. The zero-order chi connectivity index (χ0) is 17.4. The summed E-state index contributed by atoms with van der Waals surface area (Å²) in [7, 11) is 1.68. The van der Waals surface area contributed by atoms with Gasteiger partial charge in [0.2, 0.25) is 12.5 Å². The quantitative estimate of drug-likeness (QED) is 0.557. The van der Waals surface area contributed by atoms with Crippen LogP contribution >= 0.6 is 34.2 Å². The van der Waals surface area contributed by atoms with Crippen LogP contribution in [0.4, 0.5) is 5.69 Å². The third-order valence-electron chi connectivity index (χ3n) is 4.37. The van der Waals surface area contributed by atoms with Gasteiger partial charge in [-0.15, -0.1) is 5.01 Å². The van der Waals surface area contributed by atoms with E-state index < -0.39 is 11.8 Å². The average Bonchev–Trinajstić information content (AvgIpc) is 2.64. The first kappa shape index (κ1) is 17.2. The molecular weight excluding hydrogens is 441 g/mol. The minimum atomic E-state index is -0.652. The number of rotatable bonds is 2. The van der Waals surface area contributed by atoms with Gasteiger partial charge >= 0.3 is 0 Å². The molecule has 2 aromatic rings. The number of nitrogens with two attached hydrogens (primary N) is 1. The largest absolute Gasteiger partial charge is 0.369 e. The van der Waals surface area contributed by atoms with Gasteiger partial charge in [-0.1, -0.05) is 29.8 Å². The molecule has 7 heteroatoms. The first-order chi connectivity index (χ1) is 11.4. The van der Waals surface area contributed by atoms with Crippen LogP contribution in [0.1, 0.15) is 17.0 Å². The van der Waals surface area contributed by atoms with Crippen LogP contribution in [0.5, 0.6) is 0 Å². The Labute approximate surface area is 158 Å². The van der Waals surface area contributed by atoms with Crippen molar-refractivity contribution < 1.29 is 9.66 Å². The fourth-order valence-corrected chi connectivity index (χ4v) is 4.07. The highest BCUT2D eigenvalue weighted by Crippen LogP contribution is 2.42. The van der Waals surface area contributed by atoms with Crippen LogP contribution in [0.25, 0.3) is 0 Å². The number of nitrogens with zero attached hydrogens (tertiary/aromatic N) is 2. The van der Waals surface area contributed by atoms with Crippen LogP contribution < -0.4 is 10.7 Å². The zero-order valence-corrected chi connectivity index (χ0v) is 15.9. The third-order valence-corrected chi connectivity index (χ3v) is 5.59. The molecule has 1 aliphatic rings. The van der Waals surface area contributed by atoms with Gasteiger partial charge in [-0.25, -0.2) is 0 Å². The zero-order valence-electron chi connectivity index (χ0n) is 12.9. The van der Waals surface area contributed by atoms with E-state index in [0.29, 0.717) is 5.02 Å². The summed E-state index contributed by atoms with van der Waals surface area (Å²) >= 11 is 8.44. The summed E-state index contributed by atoms with van der Waals surface area (Å²) in [5, 5.41) is 2.05. The lowest BCUT2D eigenvalue weighted by molar-refractivity contribution is -0.561. The molecule has 0 saturated carbocycles. The van der Waals surface area contributed by atoms with Gasteiger partial charge in [0.1, 0.15) is 16.5 Å². The van der Waals surface area contributed by atoms with Crippen molar-refractivity contribution in [3.63, 3.8) is 0 Å². The van der Waals surface area contributed by atoms with Crippen molar-refractivity contribution in [1.29, 1.82) is 0 Å². The summed E-state index contributed by atoms with van der Waals surface area (Å²) < 4.78 is 1.01. The van der Waals surface area contributed by atoms with E-state index in [0.717, 1.165) is 25.3 Å². The van der Waals surface area contributed by atoms with E-state index in [-0.39, 0.29) is 12.5 Å². The molecule has 0 spiro atoms. The van der Waals surface area contributed by atoms with E-state index in [1.807, 2.05) is 30.3 Å². The van der Waals surface area contributed by atoms with Crippen molar-refractivity contribution in [2.45, 2.75) is 5.92 Å². The van der Waals surface area contributed by atoms with Gasteiger partial charge in [-0.05, 0) is 58.0 Å². The van der Waals surface area contributed by atoms with Crippen molar-refractivity contribution in [3.05, 3.63) is 67.1 Å². The van der Waals surface area contributed by atoms with E-state index in [1.165, 1.54) is 5.01 Å². The lowest BCUT2D eigenvalue weighted by Gasteiger charge is -2.23. The van der Waals surface area contributed by atoms with E-state index >= 15 is 0 Å². The number of nitroso groups, excluding NO2 is 1. The molecule has 3 rings (SSSR count). The number of benzene rings is 2. The lowest BCUT2D eigenvalue weighted by Crippen LogP contribution is -2.37. The number of carbonyl (C=O) groups excluding carboxylic acids is 1. The predicted octanol–water partition coefficient (Wildman–Crippen LogP) is 3.32. The Morgan fingerprint density at radius 1 is 1.29 bits per heavy atom. The molecule has 5 nitrogen and oxygen atoms in total. The number of carbonyl (C=O) groups is 1. The maximum Gasteiger partial charge on any atom is 0.238 e. The molecule has 0 aromatic heterocycles. The molecule has 24 heavy (non-hydrogen) atoms. The Hall–Kier alpha value is -1.67. The number of fused-ring (bicyclic) bond motifs is 1. The van der Waals surface area contributed by atoms with E-state index in [9.17, 15) is 9.70 Å². The number of halogens is 2. The normalized spacial score (nSPS) is 20.5. The summed E-state index contributed by atoms with van der Waals surface area (Å²) in [5.41, 5.74) is 8.18. The first-order valence-electron chi connectivity index (χ1n) is 7.41. The Balaban J connectivity index is 2.31. The smallest absolute Gasteiger partial charge is 0.238 e. The Morgan fingerprint density at radius 2 is 2.00 bits per heavy atom. The topological polar surface area (TPSA) is 66.4 Å². The van der Waals surface area contributed by atoms with Crippen LogP contribution in [0.3, 0.4) is 0 Å². The van der Waals surface area contributed by atoms with E-state index in [4.69, 9.17) is 17.3 Å². The van der Waals surface area contributed by atoms with Gasteiger partial charge in [-0.3, -0.25) is 4.79 Å². The van der Waals surface area contributed by atoms with Crippen LogP contribution in [0.15, 0.2) is 42.5 Å². The number of amides is 1. The molecule has 0 fully saturated rings. The van der Waals surface area contributed by atoms with E-state index in [1.54, 1.807) is 19.2 Å². The van der Waals surface area contributed by atoms with Crippen LogP contribution in [-0.2, 0) is 4.79 Å². The lowest BCUT2D eigenvalue weighted by atomic mass is 9.80. The van der Waals surface area contributed by atoms with Crippen molar-refractivity contribution >= 4 is 45.8 Å². The summed E-state index contributed by atoms with van der Waals surface area (Å²) in [6, 6.07) is 13.2. The fourth-order valence-electron chi connectivity index (χ4n) is 3.17. The highest BCUT2D eigenvalue weighted by molar-refractivity contribution is 14.1. The van der Waals surface area contributed by atoms with Crippen LogP contribution in [0.2, 0.25) is 5.02 Å². The molecule has 0 bridgehead atoms. The van der Waals surface area contributed by atoms with Gasteiger partial charge < -0.3 is 5.73 Å². The number of hydrogen-bond donors (Lipinski definition) is 1. The summed E-state index contributed by atoms with van der Waals surface area (Å²) in [6.07, 6.45) is 0. The van der Waals surface area contributed by atoms with Gasteiger partial charge in [0.25, 0.3) is 0 Å². The average molecular weight is 457 g/mol. The van der Waals surface area contributed by atoms with Crippen LogP contribution in [-0.4, -0.2) is 24.4 Å². The maximum absolute atomic E-state index is 12.4. The second kappa shape index (κ2) is 6.68. The molecule has 2 N–H and O–H groups in total. The number of hydrazine groups is 1. The van der Waals surface area contributed by atoms with Crippen molar-refractivity contribution in [2.24, 2.45) is 11.7 Å². The van der Waals surface area contributed by atoms with E-state index in [2.05, 4.69) is 22.6 Å². The fraction of sp³-hybridized carbons (Fsp3) is 0.235. The molecule has 2 unspecified atom stereocenters. The molecule has 1 amide bonds. The number of hydrogen-bond acceptors (Lipinski definition) is 2. The number of primary amides is 1. The Kier molecular flexibility index (Phi) is 4.78. The second-order valence-electron chi connectivity index (χ2n) is 5.77. The standard InChI is InChI=1S/C17H15ClIN3O2/c1-21-15-7-6-10(18)8-12(15)16(11-4-2-3-5-14(11)19)13(17(20)23)9-22(21)24/h2-8,13,16H,9H2,1H3,(H-,20,23)/p+1. The molecule has 0 saturated heterocycles. The first-order valence-corrected chi connectivity index (χ1v) is 8.87. The highest BCUT2D eigenvalue weighted by Gasteiger charge is 2.42. The maximum atomic E-state index is 12.4. The van der Waals surface area contributed by atoms with Gasteiger partial charge in [-0.2, -0.15) is 0 Å². The van der Waals surface area contributed by atoms with Crippen molar-refractivity contribution in [1.82, 2.24) is 0 Å². The van der Waals surface area contributed by atoms with Crippen molar-refractivity contribution in [3.8, 4) is 0 Å². The minimum absolute atomic E-state index is 0.00618. The van der Waals surface area contributed by atoms with Crippen LogP contribution in [0, 0.1) is 14.4 Å². The molecular formula is C17H16ClIN3O2+. The summed E-state index contributed by atoms with van der Waals surface area (Å²) in [6.45, 7) is -0.00618. The monoisotopic (exact) mass is 456 g/mol. The Morgan fingerprint density at radius 3 is 2.67 bits per heavy atom. The third kappa shape index (κ3) is 3.00. The second-order valence-corrected chi connectivity index (χ2v) is 7.37. The summed E-state index contributed by atoms with van der Waals surface area (Å²) in [5.74, 6) is -1.48. The molecule has 1 aliphatic heterocycles. The van der Waals surface area contributed by atoms with Gasteiger partial charge in [0.15, 0.2) is 0 Å². The minimum Gasteiger partial charge on any atom is -0.369 e. The highest BCUT2D eigenvalue weighted by atomic mass is 127. The van der Waals surface area contributed by atoms with Gasteiger partial charge in [0.05, 0.1) is 12.0 Å². The molecule has 1 heterocycles. The number of anilines is 1. The molecule has 2 atom stereocenters. The molecule has 0 radical (unpaired) electrons. The molecule has 124 valence electrons. The SMILES string of the molecule is CN1c2ccc(Cl)cc2C(c2ccccc2I)C(C(N)=O)C[N+]1=O. The van der Waals surface area contributed by atoms with Crippen molar-refractivity contribution in [2.75, 3.05) is 18.6 Å². The van der Waals surface area contributed by atoms with Gasteiger partial charge in [0, 0.05) is 14.5 Å². The summed E-state index contributed by atoms with van der Waals surface area (Å²) in [4.78, 5) is 25.4. The molecule has 2 aromatic carbocycles.